The molecule has 0 fully saturated rings. The van der Waals surface area contributed by atoms with Crippen LogP contribution in [0.5, 0.6) is 0 Å². The van der Waals surface area contributed by atoms with Crippen molar-refractivity contribution in [2.24, 2.45) is 0 Å². The molecule has 0 aliphatic heterocycles. The smallest absolute Gasteiger partial charge is 0.0951 e. The molecule has 108 valence electrons. The molecule has 1 aromatic carbocycles. The second-order valence-electron chi connectivity index (χ2n) is 5.46. The van der Waals surface area contributed by atoms with Crippen LogP contribution in [0.1, 0.15) is 38.1 Å². The predicted octanol–water partition coefficient (Wildman–Crippen LogP) is 3.84. The highest BCUT2D eigenvalue weighted by molar-refractivity contribution is 6.31. The van der Waals surface area contributed by atoms with Gasteiger partial charge in [0.1, 0.15) is 0 Å². The second-order valence-corrected chi connectivity index (χ2v) is 5.87. The van der Waals surface area contributed by atoms with Crippen LogP contribution in [0.2, 0.25) is 5.02 Å². The standard InChI is InChI=1S/C16H22ClN3/c1-12(2)20-11-18-9-15(20)10-19-13(3)8-14-6-4-5-7-16(14)17/h4-7,9,11-13,19H,8,10H2,1-3H3. The van der Waals surface area contributed by atoms with Crippen LogP contribution in [0.25, 0.3) is 0 Å². The van der Waals surface area contributed by atoms with Crippen LogP contribution in [0.15, 0.2) is 36.8 Å². The maximum Gasteiger partial charge on any atom is 0.0951 e. The lowest BCUT2D eigenvalue weighted by Gasteiger charge is -2.17. The molecule has 1 N–H and O–H groups in total. The molecule has 3 nitrogen and oxygen atoms in total. The predicted molar refractivity (Wildman–Crippen MR) is 84.1 cm³/mol. The molecule has 2 rings (SSSR count). The quantitative estimate of drug-likeness (QED) is 0.876. The van der Waals surface area contributed by atoms with Crippen molar-refractivity contribution in [2.45, 2.75) is 45.8 Å². The number of imidazole rings is 1. The molecule has 0 saturated carbocycles. The first-order chi connectivity index (χ1) is 9.58. The summed E-state index contributed by atoms with van der Waals surface area (Å²) in [4.78, 5) is 4.22. The molecule has 0 aliphatic carbocycles. The van der Waals surface area contributed by atoms with Gasteiger partial charge in [0, 0.05) is 29.8 Å². The number of hydrogen-bond acceptors (Lipinski definition) is 2. The van der Waals surface area contributed by atoms with Crippen molar-refractivity contribution in [1.29, 1.82) is 0 Å². The van der Waals surface area contributed by atoms with Gasteiger partial charge < -0.3 is 9.88 Å². The Kier molecular flexibility index (Phi) is 5.21. The third-order valence-electron chi connectivity index (χ3n) is 3.42. The van der Waals surface area contributed by atoms with Crippen molar-refractivity contribution in [1.82, 2.24) is 14.9 Å². The van der Waals surface area contributed by atoms with E-state index >= 15 is 0 Å². The maximum atomic E-state index is 6.19. The highest BCUT2D eigenvalue weighted by Crippen LogP contribution is 2.17. The molecule has 20 heavy (non-hydrogen) atoms. The fraction of sp³-hybridized carbons (Fsp3) is 0.438. The molecule has 1 atom stereocenters. The third kappa shape index (κ3) is 3.84. The first-order valence-electron chi connectivity index (χ1n) is 7.05. The minimum absolute atomic E-state index is 0.366. The van der Waals surface area contributed by atoms with E-state index in [1.807, 2.05) is 30.7 Å². The van der Waals surface area contributed by atoms with Crippen LogP contribution in [0.3, 0.4) is 0 Å². The molecule has 0 saturated heterocycles. The summed E-state index contributed by atoms with van der Waals surface area (Å²) in [5, 5.41) is 4.38. The summed E-state index contributed by atoms with van der Waals surface area (Å²) < 4.78 is 2.19. The summed E-state index contributed by atoms with van der Waals surface area (Å²) in [6.45, 7) is 7.33. The summed E-state index contributed by atoms with van der Waals surface area (Å²) >= 11 is 6.19. The lowest BCUT2D eigenvalue weighted by molar-refractivity contribution is 0.505. The van der Waals surface area contributed by atoms with Crippen LogP contribution in [0, 0.1) is 0 Å². The van der Waals surface area contributed by atoms with Crippen LogP contribution < -0.4 is 5.32 Å². The Balaban J connectivity index is 1.91. The number of halogens is 1. The van der Waals surface area contributed by atoms with Crippen LogP contribution in [0.4, 0.5) is 0 Å². The summed E-state index contributed by atoms with van der Waals surface area (Å²) in [5.41, 5.74) is 2.40. The van der Waals surface area contributed by atoms with Gasteiger partial charge in [-0.2, -0.15) is 0 Å². The van der Waals surface area contributed by atoms with Gasteiger partial charge in [-0.3, -0.25) is 0 Å². The first kappa shape index (κ1) is 15.1. The van der Waals surface area contributed by atoms with Gasteiger partial charge in [0.2, 0.25) is 0 Å². The maximum absolute atomic E-state index is 6.19. The Labute approximate surface area is 126 Å². The number of rotatable bonds is 6. The van der Waals surface area contributed by atoms with E-state index < -0.39 is 0 Å². The SMILES string of the molecule is CC(Cc1ccccc1Cl)NCc1cncn1C(C)C. The zero-order valence-electron chi connectivity index (χ0n) is 12.3. The van der Waals surface area contributed by atoms with Crippen molar-refractivity contribution in [2.75, 3.05) is 0 Å². The molecule has 1 aromatic heterocycles. The van der Waals surface area contributed by atoms with Gasteiger partial charge in [0.05, 0.1) is 12.0 Å². The first-order valence-corrected chi connectivity index (χ1v) is 7.43. The number of benzene rings is 1. The van der Waals surface area contributed by atoms with E-state index in [1.165, 1.54) is 11.3 Å². The van der Waals surface area contributed by atoms with E-state index in [0.29, 0.717) is 12.1 Å². The van der Waals surface area contributed by atoms with E-state index in [1.54, 1.807) is 0 Å². The topological polar surface area (TPSA) is 29.9 Å². The Bertz CT molecular complexity index is 548. The van der Waals surface area contributed by atoms with Crippen molar-refractivity contribution in [3.63, 3.8) is 0 Å². The lowest BCUT2D eigenvalue weighted by atomic mass is 10.1. The van der Waals surface area contributed by atoms with Gasteiger partial charge in [0.15, 0.2) is 0 Å². The van der Waals surface area contributed by atoms with E-state index in [4.69, 9.17) is 11.6 Å². The molecular weight excluding hydrogens is 270 g/mol. The summed E-state index contributed by atoms with van der Waals surface area (Å²) in [7, 11) is 0. The Hall–Kier alpha value is -1.32. The molecule has 0 spiro atoms. The largest absolute Gasteiger partial charge is 0.331 e. The minimum atomic E-state index is 0.366. The van der Waals surface area contributed by atoms with Crippen molar-refractivity contribution in [3.05, 3.63) is 53.1 Å². The van der Waals surface area contributed by atoms with Gasteiger partial charge in [-0.05, 0) is 38.8 Å². The molecule has 0 amide bonds. The lowest BCUT2D eigenvalue weighted by Crippen LogP contribution is -2.28. The number of nitrogens with one attached hydrogen (secondary N) is 1. The fourth-order valence-electron chi connectivity index (χ4n) is 2.28. The monoisotopic (exact) mass is 291 g/mol. The van der Waals surface area contributed by atoms with E-state index in [0.717, 1.165) is 18.0 Å². The molecule has 4 heteroatoms. The molecule has 0 aliphatic rings. The van der Waals surface area contributed by atoms with Gasteiger partial charge in [-0.15, -0.1) is 0 Å². The summed E-state index contributed by atoms with van der Waals surface area (Å²) in [5.74, 6) is 0. The van der Waals surface area contributed by atoms with Crippen molar-refractivity contribution in [3.8, 4) is 0 Å². The summed E-state index contributed by atoms with van der Waals surface area (Å²) in [6.07, 6.45) is 4.74. The second kappa shape index (κ2) is 6.91. The van der Waals surface area contributed by atoms with Crippen molar-refractivity contribution < 1.29 is 0 Å². The van der Waals surface area contributed by atoms with Gasteiger partial charge in [-0.25, -0.2) is 4.98 Å². The molecule has 1 unspecified atom stereocenters. The van der Waals surface area contributed by atoms with Crippen molar-refractivity contribution >= 4 is 11.6 Å². The normalized spacial score (nSPS) is 12.8. The molecule has 0 radical (unpaired) electrons. The molecular formula is C16H22ClN3. The van der Waals surface area contributed by atoms with Gasteiger partial charge >= 0.3 is 0 Å². The fourth-order valence-corrected chi connectivity index (χ4v) is 2.49. The zero-order chi connectivity index (χ0) is 14.5. The Morgan fingerprint density at radius 1 is 1.25 bits per heavy atom. The van der Waals surface area contributed by atoms with Crippen LogP contribution in [-0.4, -0.2) is 15.6 Å². The average molecular weight is 292 g/mol. The van der Waals surface area contributed by atoms with Gasteiger partial charge in [0.25, 0.3) is 0 Å². The number of hydrogen-bond donors (Lipinski definition) is 1. The van der Waals surface area contributed by atoms with Crippen LogP contribution >= 0.6 is 11.6 Å². The number of aromatic nitrogens is 2. The van der Waals surface area contributed by atoms with Gasteiger partial charge in [-0.1, -0.05) is 29.8 Å². The van der Waals surface area contributed by atoms with E-state index in [9.17, 15) is 0 Å². The highest BCUT2D eigenvalue weighted by atomic mass is 35.5. The average Bonchev–Trinajstić information content (AvgIpc) is 2.88. The third-order valence-corrected chi connectivity index (χ3v) is 3.79. The Morgan fingerprint density at radius 2 is 2.00 bits per heavy atom. The minimum Gasteiger partial charge on any atom is -0.331 e. The van der Waals surface area contributed by atoms with Crippen LogP contribution in [-0.2, 0) is 13.0 Å². The highest BCUT2D eigenvalue weighted by Gasteiger charge is 2.09. The molecule has 0 bridgehead atoms. The van der Waals surface area contributed by atoms with E-state index in [2.05, 4.69) is 41.7 Å². The molecule has 2 aromatic rings. The zero-order valence-corrected chi connectivity index (χ0v) is 13.1. The van der Waals surface area contributed by atoms with E-state index in [-0.39, 0.29) is 0 Å². The Morgan fingerprint density at radius 3 is 2.70 bits per heavy atom. The number of nitrogens with zero attached hydrogens (tertiary/aromatic N) is 2. The molecule has 1 heterocycles. The summed E-state index contributed by atoms with van der Waals surface area (Å²) in [6, 6.07) is 8.82.